The van der Waals surface area contributed by atoms with Gasteiger partial charge < -0.3 is 10.6 Å². The van der Waals surface area contributed by atoms with Gasteiger partial charge in [0.05, 0.1) is 11.6 Å². The van der Waals surface area contributed by atoms with E-state index in [-0.39, 0.29) is 0 Å². The SMILES string of the molecule is O=C1Nc2ccc(C(F)(F)F)cc2C(c2ccccc2)N1. The van der Waals surface area contributed by atoms with Gasteiger partial charge in [-0.2, -0.15) is 13.2 Å². The standard InChI is InChI=1S/C15H11F3N2O/c16-15(17,18)10-6-7-12-11(8-10)13(20-14(21)19-12)9-4-2-1-3-5-9/h1-8,13H,(H2,19,20,21). The number of alkyl halides is 3. The zero-order valence-electron chi connectivity index (χ0n) is 10.7. The minimum atomic E-state index is -4.42. The number of benzene rings is 2. The molecule has 1 atom stereocenters. The normalized spacial score (nSPS) is 17.7. The molecule has 0 radical (unpaired) electrons. The van der Waals surface area contributed by atoms with Crippen LogP contribution in [0.2, 0.25) is 0 Å². The van der Waals surface area contributed by atoms with Crippen LogP contribution in [0, 0.1) is 0 Å². The smallest absolute Gasteiger partial charge is 0.327 e. The Hall–Kier alpha value is -2.50. The summed E-state index contributed by atoms with van der Waals surface area (Å²) in [5.74, 6) is 0. The molecule has 3 rings (SSSR count). The summed E-state index contributed by atoms with van der Waals surface area (Å²) >= 11 is 0. The van der Waals surface area contributed by atoms with Gasteiger partial charge in [0.25, 0.3) is 0 Å². The van der Waals surface area contributed by atoms with Gasteiger partial charge in [-0.1, -0.05) is 30.3 Å². The van der Waals surface area contributed by atoms with Gasteiger partial charge in [-0.25, -0.2) is 4.79 Å². The van der Waals surface area contributed by atoms with Gasteiger partial charge >= 0.3 is 12.2 Å². The van der Waals surface area contributed by atoms with Crippen molar-refractivity contribution in [2.45, 2.75) is 12.2 Å². The monoisotopic (exact) mass is 292 g/mol. The lowest BCUT2D eigenvalue weighted by Crippen LogP contribution is -2.38. The first-order valence-electron chi connectivity index (χ1n) is 6.29. The summed E-state index contributed by atoms with van der Waals surface area (Å²) in [5, 5.41) is 5.17. The molecule has 0 aliphatic carbocycles. The van der Waals surface area contributed by atoms with E-state index in [1.54, 1.807) is 30.3 Å². The topological polar surface area (TPSA) is 41.1 Å². The van der Waals surface area contributed by atoms with Crippen molar-refractivity contribution in [1.82, 2.24) is 5.32 Å². The summed E-state index contributed by atoms with van der Waals surface area (Å²) in [7, 11) is 0. The lowest BCUT2D eigenvalue weighted by atomic mass is 9.94. The number of nitrogens with one attached hydrogen (secondary N) is 2. The van der Waals surface area contributed by atoms with Gasteiger partial charge in [-0.3, -0.25) is 0 Å². The minimum Gasteiger partial charge on any atom is -0.327 e. The van der Waals surface area contributed by atoms with Crippen molar-refractivity contribution in [2.75, 3.05) is 5.32 Å². The second-order valence-corrected chi connectivity index (χ2v) is 4.74. The van der Waals surface area contributed by atoms with E-state index in [4.69, 9.17) is 0 Å². The first-order valence-corrected chi connectivity index (χ1v) is 6.29. The molecule has 1 unspecified atom stereocenters. The number of urea groups is 1. The Labute approximate surface area is 118 Å². The van der Waals surface area contributed by atoms with Gasteiger partial charge in [0, 0.05) is 11.3 Å². The second kappa shape index (κ2) is 4.80. The van der Waals surface area contributed by atoms with Gasteiger partial charge in [-0.05, 0) is 23.8 Å². The number of hydrogen-bond donors (Lipinski definition) is 2. The Balaban J connectivity index is 2.12. The first kappa shape index (κ1) is 13.5. The predicted octanol–water partition coefficient (Wildman–Crippen LogP) is 3.93. The van der Waals surface area contributed by atoms with Crippen LogP contribution in [0.3, 0.4) is 0 Å². The number of hydrogen-bond acceptors (Lipinski definition) is 1. The van der Waals surface area contributed by atoms with Crippen LogP contribution in [-0.2, 0) is 6.18 Å². The maximum atomic E-state index is 12.9. The highest BCUT2D eigenvalue weighted by atomic mass is 19.4. The molecule has 21 heavy (non-hydrogen) atoms. The highest BCUT2D eigenvalue weighted by Gasteiger charge is 2.33. The molecule has 3 nitrogen and oxygen atoms in total. The maximum Gasteiger partial charge on any atom is 0.416 e. The summed E-state index contributed by atoms with van der Waals surface area (Å²) < 4.78 is 38.6. The van der Waals surface area contributed by atoms with Crippen molar-refractivity contribution in [3.8, 4) is 0 Å². The van der Waals surface area contributed by atoms with E-state index in [0.717, 1.165) is 17.7 Å². The van der Waals surface area contributed by atoms with Crippen LogP contribution < -0.4 is 10.6 Å². The molecule has 0 spiro atoms. The van der Waals surface area contributed by atoms with E-state index in [9.17, 15) is 18.0 Å². The molecule has 6 heteroatoms. The van der Waals surface area contributed by atoms with Gasteiger partial charge in [0.15, 0.2) is 0 Å². The molecule has 1 heterocycles. The Morgan fingerprint density at radius 1 is 1.00 bits per heavy atom. The molecule has 2 N–H and O–H groups in total. The van der Waals surface area contributed by atoms with Crippen LogP contribution in [0.25, 0.3) is 0 Å². The molecular formula is C15H11F3N2O. The van der Waals surface area contributed by atoms with Gasteiger partial charge in [0.1, 0.15) is 0 Å². The van der Waals surface area contributed by atoms with Crippen molar-refractivity contribution in [3.05, 3.63) is 65.2 Å². The number of carbonyl (C=O) groups is 1. The van der Waals surface area contributed by atoms with E-state index in [0.29, 0.717) is 11.3 Å². The van der Waals surface area contributed by atoms with Crippen LogP contribution >= 0.6 is 0 Å². The third-order valence-electron chi connectivity index (χ3n) is 3.35. The molecule has 2 amide bonds. The van der Waals surface area contributed by atoms with Crippen molar-refractivity contribution >= 4 is 11.7 Å². The van der Waals surface area contributed by atoms with Gasteiger partial charge in [-0.15, -0.1) is 0 Å². The summed E-state index contributed by atoms with van der Waals surface area (Å²) in [6.07, 6.45) is -4.42. The lowest BCUT2D eigenvalue weighted by Gasteiger charge is -2.28. The van der Waals surface area contributed by atoms with Crippen molar-refractivity contribution in [2.24, 2.45) is 0 Å². The molecule has 1 aliphatic rings. The second-order valence-electron chi connectivity index (χ2n) is 4.74. The molecule has 2 aromatic carbocycles. The highest BCUT2D eigenvalue weighted by molar-refractivity contribution is 5.93. The summed E-state index contributed by atoms with van der Waals surface area (Å²) in [6.45, 7) is 0. The fraction of sp³-hybridized carbons (Fsp3) is 0.133. The Kier molecular flexibility index (Phi) is 3.08. The molecular weight excluding hydrogens is 281 g/mol. The van der Waals surface area contributed by atoms with E-state index >= 15 is 0 Å². The third kappa shape index (κ3) is 2.56. The zero-order chi connectivity index (χ0) is 15.0. The zero-order valence-corrected chi connectivity index (χ0v) is 10.7. The number of anilines is 1. The Bertz CT molecular complexity index is 683. The van der Waals surface area contributed by atoms with E-state index < -0.39 is 23.8 Å². The Morgan fingerprint density at radius 2 is 1.71 bits per heavy atom. The van der Waals surface area contributed by atoms with Crippen LogP contribution in [0.1, 0.15) is 22.7 Å². The van der Waals surface area contributed by atoms with E-state index in [1.807, 2.05) is 0 Å². The van der Waals surface area contributed by atoms with Crippen LogP contribution in [0.5, 0.6) is 0 Å². The maximum absolute atomic E-state index is 12.9. The highest BCUT2D eigenvalue weighted by Crippen LogP contribution is 2.37. The van der Waals surface area contributed by atoms with Crippen molar-refractivity contribution < 1.29 is 18.0 Å². The molecule has 0 saturated carbocycles. The van der Waals surface area contributed by atoms with E-state index in [1.165, 1.54) is 6.07 Å². The average molecular weight is 292 g/mol. The van der Waals surface area contributed by atoms with Crippen LogP contribution in [-0.4, -0.2) is 6.03 Å². The molecule has 0 saturated heterocycles. The molecule has 2 aromatic rings. The molecule has 0 aromatic heterocycles. The molecule has 108 valence electrons. The number of halogens is 3. The number of rotatable bonds is 1. The predicted molar refractivity (Wildman–Crippen MR) is 71.9 cm³/mol. The molecule has 1 aliphatic heterocycles. The fourth-order valence-corrected chi connectivity index (χ4v) is 2.37. The number of fused-ring (bicyclic) bond motifs is 1. The summed E-state index contributed by atoms with van der Waals surface area (Å²) in [4.78, 5) is 11.6. The van der Waals surface area contributed by atoms with Gasteiger partial charge in [0.2, 0.25) is 0 Å². The number of carbonyl (C=O) groups excluding carboxylic acids is 1. The Morgan fingerprint density at radius 3 is 2.38 bits per heavy atom. The largest absolute Gasteiger partial charge is 0.416 e. The minimum absolute atomic E-state index is 0.389. The third-order valence-corrected chi connectivity index (χ3v) is 3.35. The molecule has 0 fully saturated rings. The van der Waals surface area contributed by atoms with Crippen molar-refractivity contribution in [1.29, 1.82) is 0 Å². The average Bonchev–Trinajstić information content (AvgIpc) is 2.46. The summed E-state index contributed by atoms with van der Waals surface area (Å²) in [5.41, 5.74) is 0.782. The van der Waals surface area contributed by atoms with E-state index in [2.05, 4.69) is 10.6 Å². The lowest BCUT2D eigenvalue weighted by molar-refractivity contribution is -0.137. The first-order chi connectivity index (χ1) is 9.95. The summed E-state index contributed by atoms with van der Waals surface area (Å²) in [6, 6.07) is 11.2. The van der Waals surface area contributed by atoms with Crippen LogP contribution in [0.4, 0.5) is 23.7 Å². The quantitative estimate of drug-likeness (QED) is 0.821. The molecule has 0 bridgehead atoms. The number of amides is 2. The fourth-order valence-electron chi connectivity index (χ4n) is 2.37. The van der Waals surface area contributed by atoms with Crippen LogP contribution in [0.15, 0.2) is 48.5 Å². The van der Waals surface area contributed by atoms with Crippen molar-refractivity contribution in [3.63, 3.8) is 0 Å².